The summed E-state index contributed by atoms with van der Waals surface area (Å²) in [5.74, 6) is -1.82. The summed E-state index contributed by atoms with van der Waals surface area (Å²) in [5, 5.41) is 2.76. The number of aryl methyl sites for hydroxylation is 1. The van der Waals surface area contributed by atoms with E-state index in [1.807, 2.05) is 6.92 Å². The van der Waals surface area contributed by atoms with E-state index >= 15 is 0 Å². The molecular formula is C15H19F3N2O. The highest BCUT2D eigenvalue weighted by Crippen LogP contribution is 2.39. The van der Waals surface area contributed by atoms with Crippen molar-refractivity contribution >= 4 is 17.3 Å². The van der Waals surface area contributed by atoms with Crippen LogP contribution in [0.25, 0.3) is 0 Å². The number of alkyl halides is 3. The molecule has 0 saturated heterocycles. The van der Waals surface area contributed by atoms with Gasteiger partial charge in [0.15, 0.2) is 0 Å². The first-order chi connectivity index (χ1) is 9.77. The van der Waals surface area contributed by atoms with Crippen LogP contribution in [0.15, 0.2) is 18.2 Å². The van der Waals surface area contributed by atoms with Crippen molar-refractivity contribution in [3.63, 3.8) is 0 Å². The number of halogens is 3. The van der Waals surface area contributed by atoms with Crippen LogP contribution >= 0.6 is 0 Å². The van der Waals surface area contributed by atoms with Gasteiger partial charge in [-0.05, 0) is 56.4 Å². The lowest BCUT2D eigenvalue weighted by atomic mass is 9.81. The predicted molar refractivity (Wildman–Crippen MR) is 75.7 cm³/mol. The highest BCUT2D eigenvalue weighted by Gasteiger charge is 2.42. The molecule has 0 spiro atoms. The summed E-state index contributed by atoms with van der Waals surface area (Å²) in [6.45, 7) is 1.83. The topological polar surface area (TPSA) is 55.1 Å². The van der Waals surface area contributed by atoms with Crippen LogP contribution in [0.5, 0.6) is 0 Å². The first-order valence-corrected chi connectivity index (χ1v) is 7.01. The second kappa shape index (κ2) is 5.95. The van der Waals surface area contributed by atoms with Crippen LogP contribution in [0.3, 0.4) is 0 Å². The molecular weight excluding hydrogens is 281 g/mol. The molecule has 21 heavy (non-hydrogen) atoms. The number of nitrogens with two attached hydrogens (primary N) is 1. The summed E-state index contributed by atoms with van der Waals surface area (Å²) >= 11 is 0. The molecule has 0 aliphatic heterocycles. The predicted octanol–water partition coefficient (Wildman–Crippen LogP) is 3.88. The minimum Gasteiger partial charge on any atom is -0.399 e. The molecule has 1 aliphatic rings. The summed E-state index contributed by atoms with van der Waals surface area (Å²) in [4.78, 5) is 12.1. The zero-order valence-electron chi connectivity index (χ0n) is 11.8. The van der Waals surface area contributed by atoms with Gasteiger partial charge in [0.25, 0.3) is 0 Å². The Morgan fingerprint density at radius 3 is 2.38 bits per heavy atom. The number of carbonyl (C=O) groups excluding carboxylic acids is 1. The van der Waals surface area contributed by atoms with Crippen LogP contribution < -0.4 is 11.1 Å². The van der Waals surface area contributed by atoms with Gasteiger partial charge in [-0.25, -0.2) is 0 Å². The van der Waals surface area contributed by atoms with E-state index in [1.165, 1.54) is 0 Å². The lowest BCUT2D eigenvalue weighted by Gasteiger charge is -2.29. The third-order valence-electron chi connectivity index (χ3n) is 4.10. The van der Waals surface area contributed by atoms with Crippen molar-refractivity contribution < 1.29 is 18.0 Å². The molecule has 1 saturated carbocycles. The minimum absolute atomic E-state index is 0.0301. The zero-order valence-corrected chi connectivity index (χ0v) is 11.8. The number of nitrogens with one attached hydrogen (secondary N) is 1. The van der Waals surface area contributed by atoms with E-state index in [2.05, 4.69) is 5.32 Å². The van der Waals surface area contributed by atoms with E-state index in [0.717, 1.165) is 5.56 Å². The number of anilines is 2. The first-order valence-electron chi connectivity index (χ1n) is 7.01. The Labute approximate surface area is 121 Å². The van der Waals surface area contributed by atoms with Gasteiger partial charge >= 0.3 is 6.18 Å². The molecule has 0 radical (unpaired) electrons. The summed E-state index contributed by atoms with van der Waals surface area (Å²) in [6, 6.07) is 5.15. The van der Waals surface area contributed by atoms with E-state index in [1.54, 1.807) is 18.2 Å². The molecule has 2 rings (SSSR count). The number of nitrogen functional groups attached to an aromatic ring is 1. The Morgan fingerprint density at radius 1 is 1.24 bits per heavy atom. The molecule has 1 amide bonds. The second-order valence-electron chi connectivity index (χ2n) is 5.65. The summed E-state index contributed by atoms with van der Waals surface area (Å²) in [7, 11) is 0. The smallest absolute Gasteiger partial charge is 0.391 e. The monoisotopic (exact) mass is 300 g/mol. The van der Waals surface area contributed by atoms with E-state index in [0.29, 0.717) is 11.4 Å². The molecule has 0 aromatic heterocycles. The Hall–Kier alpha value is -1.72. The van der Waals surface area contributed by atoms with Gasteiger partial charge in [0.05, 0.1) is 5.92 Å². The molecule has 6 heteroatoms. The van der Waals surface area contributed by atoms with Crippen molar-refractivity contribution in [1.29, 1.82) is 0 Å². The van der Waals surface area contributed by atoms with Crippen LogP contribution in [0.1, 0.15) is 31.2 Å². The molecule has 0 unspecified atom stereocenters. The van der Waals surface area contributed by atoms with E-state index < -0.39 is 12.1 Å². The van der Waals surface area contributed by atoms with Crippen molar-refractivity contribution in [3.05, 3.63) is 23.8 Å². The van der Waals surface area contributed by atoms with Crippen molar-refractivity contribution in [2.24, 2.45) is 11.8 Å². The van der Waals surface area contributed by atoms with E-state index in [-0.39, 0.29) is 37.5 Å². The standard InChI is InChI=1S/C15H19F3N2O/c1-9-8-12(6-7-13(9)19)20-14(21)10-2-4-11(5-3-10)15(16,17)18/h6-8,10-11H,2-5,19H2,1H3,(H,20,21). The number of benzene rings is 1. The van der Waals surface area contributed by atoms with Gasteiger partial charge in [-0.15, -0.1) is 0 Å². The Kier molecular flexibility index (Phi) is 4.44. The average Bonchev–Trinajstić information content (AvgIpc) is 2.42. The van der Waals surface area contributed by atoms with Gasteiger partial charge in [-0.2, -0.15) is 13.2 Å². The van der Waals surface area contributed by atoms with Crippen molar-refractivity contribution in [2.45, 2.75) is 38.8 Å². The number of hydrogen-bond acceptors (Lipinski definition) is 2. The normalized spacial score (nSPS) is 22.9. The van der Waals surface area contributed by atoms with Gasteiger partial charge in [0.1, 0.15) is 0 Å². The van der Waals surface area contributed by atoms with Gasteiger partial charge in [0, 0.05) is 17.3 Å². The maximum Gasteiger partial charge on any atom is 0.391 e. The Bertz CT molecular complexity index is 520. The van der Waals surface area contributed by atoms with Crippen molar-refractivity contribution in [3.8, 4) is 0 Å². The molecule has 1 aromatic carbocycles. The third kappa shape index (κ3) is 3.89. The van der Waals surface area contributed by atoms with Crippen LogP contribution in [0.2, 0.25) is 0 Å². The highest BCUT2D eigenvalue weighted by atomic mass is 19.4. The first kappa shape index (κ1) is 15.7. The molecule has 0 atom stereocenters. The van der Waals surface area contributed by atoms with Crippen molar-refractivity contribution in [1.82, 2.24) is 0 Å². The van der Waals surface area contributed by atoms with Gasteiger partial charge in [0.2, 0.25) is 5.91 Å². The minimum atomic E-state index is -4.14. The van der Waals surface area contributed by atoms with Crippen LogP contribution in [0.4, 0.5) is 24.5 Å². The number of amides is 1. The fourth-order valence-corrected chi connectivity index (χ4v) is 2.68. The fourth-order valence-electron chi connectivity index (χ4n) is 2.68. The molecule has 0 heterocycles. The molecule has 1 aliphatic carbocycles. The molecule has 3 nitrogen and oxygen atoms in total. The van der Waals surface area contributed by atoms with E-state index in [9.17, 15) is 18.0 Å². The van der Waals surface area contributed by atoms with Crippen LogP contribution in [-0.4, -0.2) is 12.1 Å². The number of carbonyl (C=O) groups is 1. The quantitative estimate of drug-likeness (QED) is 0.814. The Balaban J connectivity index is 1.92. The SMILES string of the molecule is Cc1cc(NC(=O)C2CCC(C(F)(F)F)CC2)ccc1N. The summed E-state index contributed by atoms with van der Waals surface area (Å²) in [6.07, 6.45) is -3.52. The third-order valence-corrected chi connectivity index (χ3v) is 4.10. The van der Waals surface area contributed by atoms with Gasteiger partial charge in [-0.1, -0.05) is 0 Å². The average molecular weight is 300 g/mol. The lowest BCUT2D eigenvalue weighted by Crippen LogP contribution is -2.32. The number of hydrogen-bond donors (Lipinski definition) is 2. The largest absolute Gasteiger partial charge is 0.399 e. The molecule has 1 fully saturated rings. The van der Waals surface area contributed by atoms with Gasteiger partial charge < -0.3 is 11.1 Å². The van der Waals surface area contributed by atoms with Crippen LogP contribution in [0, 0.1) is 18.8 Å². The van der Waals surface area contributed by atoms with E-state index in [4.69, 9.17) is 5.73 Å². The molecule has 1 aromatic rings. The second-order valence-corrected chi connectivity index (χ2v) is 5.65. The molecule has 0 bridgehead atoms. The summed E-state index contributed by atoms with van der Waals surface area (Å²) in [5.41, 5.74) is 7.82. The summed E-state index contributed by atoms with van der Waals surface area (Å²) < 4.78 is 37.8. The zero-order chi connectivity index (χ0) is 15.6. The maximum atomic E-state index is 12.6. The maximum absolute atomic E-state index is 12.6. The molecule has 116 valence electrons. The highest BCUT2D eigenvalue weighted by molar-refractivity contribution is 5.92. The molecule has 3 N–H and O–H groups in total. The number of rotatable bonds is 2. The van der Waals surface area contributed by atoms with Gasteiger partial charge in [-0.3, -0.25) is 4.79 Å². The lowest BCUT2D eigenvalue weighted by molar-refractivity contribution is -0.184. The van der Waals surface area contributed by atoms with Crippen LogP contribution in [-0.2, 0) is 4.79 Å². The fraction of sp³-hybridized carbons (Fsp3) is 0.533. The Morgan fingerprint density at radius 2 is 1.86 bits per heavy atom. The van der Waals surface area contributed by atoms with Crippen molar-refractivity contribution in [2.75, 3.05) is 11.1 Å².